The number of nitrogens with zero attached hydrogens (tertiary/aromatic N) is 4. The number of aryl methyl sites for hydroxylation is 2. The molecule has 0 unspecified atom stereocenters. The Kier molecular flexibility index (Phi) is 4.64. The van der Waals surface area contributed by atoms with Crippen LogP contribution in [0.1, 0.15) is 21.5 Å². The van der Waals surface area contributed by atoms with Crippen molar-refractivity contribution in [3.63, 3.8) is 0 Å². The van der Waals surface area contributed by atoms with Gasteiger partial charge in [0.1, 0.15) is 0 Å². The van der Waals surface area contributed by atoms with E-state index in [2.05, 4.69) is 46.9 Å². The number of benzene rings is 1. The van der Waals surface area contributed by atoms with Gasteiger partial charge in [0.25, 0.3) is 5.91 Å². The topological polar surface area (TPSA) is 58.6 Å². The zero-order valence-corrected chi connectivity index (χ0v) is 14.3. The van der Waals surface area contributed by atoms with E-state index >= 15 is 0 Å². The van der Waals surface area contributed by atoms with Gasteiger partial charge in [-0.2, -0.15) is 0 Å². The van der Waals surface area contributed by atoms with Crippen LogP contribution in [0.2, 0.25) is 0 Å². The fourth-order valence-electron chi connectivity index (χ4n) is 2.93. The maximum absolute atomic E-state index is 12.6. The highest BCUT2D eigenvalue weighted by Gasteiger charge is 2.23. The van der Waals surface area contributed by atoms with Crippen molar-refractivity contribution >= 4 is 11.6 Å². The molecule has 1 aliphatic rings. The smallest absolute Gasteiger partial charge is 0.316 e. The maximum atomic E-state index is 12.6. The predicted molar refractivity (Wildman–Crippen MR) is 92.6 cm³/mol. The fraction of sp³-hybridized carbons (Fsp3) is 0.389. The molecule has 0 N–H and O–H groups in total. The number of anilines is 1. The van der Waals surface area contributed by atoms with Crippen LogP contribution in [0.3, 0.4) is 0 Å². The molecule has 0 aliphatic carbocycles. The van der Waals surface area contributed by atoms with E-state index in [9.17, 15) is 4.79 Å². The number of carbonyl (C=O) groups is 1. The molecule has 2 heterocycles. The van der Waals surface area contributed by atoms with E-state index in [-0.39, 0.29) is 11.9 Å². The summed E-state index contributed by atoms with van der Waals surface area (Å²) in [6.07, 6.45) is 3.04. The van der Waals surface area contributed by atoms with Crippen LogP contribution < -0.4 is 9.64 Å². The molecule has 0 bridgehead atoms. The van der Waals surface area contributed by atoms with Gasteiger partial charge in [-0.05, 0) is 31.0 Å². The number of ether oxygens (including phenoxy) is 1. The predicted octanol–water partition coefficient (Wildman–Crippen LogP) is 2.06. The molecule has 1 fully saturated rings. The third-order valence-corrected chi connectivity index (χ3v) is 4.33. The van der Waals surface area contributed by atoms with Gasteiger partial charge in [-0.15, -0.1) is 0 Å². The van der Waals surface area contributed by atoms with E-state index < -0.39 is 0 Å². The van der Waals surface area contributed by atoms with Crippen LogP contribution in [0.15, 0.2) is 30.6 Å². The molecule has 0 radical (unpaired) electrons. The van der Waals surface area contributed by atoms with E-state index in [0.29, 0.717) is 18.7 Å². The molecule has 1 aromatic carbocycles. The summed E-state index contributed by atoms with van der Waals surface area (Å²) in [4.78, 5) is 24.8. The average molecular weight is 326 g/mol. The number of rotatable bonds is 3. The summed E-state index contributed by atoms with van der Waals surface area (Å²) in [6.45, 7) is 7.27. The van der Waals surface area contributed by atoms with E-state index in [4.69, 9.17) is 4.74 Å². The van der Waals surface area contributed by atoms with Gasteiger partial charge in [-0.25, -0.2) is 9.97 Å². The van der Waals surface area contributed by atoms with Crippen molar-refractivity contribution in [2.45, 2.75) is 13.8 Å². The Morgan fingerprint density at radius 2 is 1.75 bits per heavy atom. The van der Waals surface area contributed by atoms with Crippen molar-refractivity contribution in [1.29, 1.82) is 0 Å². The van der Waals surface area contributed by atoms with E-state index in [1.165, 1.54) is 36.3 Å². The maximum Gasteiger partial charge on any atom is 0.316 e. The zero-order chi connectivity index (χ0) is 17.1. The number of hydrogen-bond donors (Lipinski definition) is 0. The normalized spacial score (nSPS) is 14.6. The summed E-state index contributed by atoms with van der Waals surface area (Å²) in [5, 5.41) is 0. The molecular weight excluding hydrogens is 304 g/mol. The van der Waals surface area contributed by atoms with Gasteiger partial charge in [0.15, 0.2) is 0 Å². The van der Waals surface area contributed by atoms with E-state index in [1.807, 2.05) is 4.90 Å². The Bertz CT molecular complexity index is 722. The molecule has 1 aliphatic heterocycles. The standard InChI is InChI=1S/C18H22N4O2/c1-13-4-5-14(2)16(10-13)21-6-8-22(9-7-21)17(23)15-11-19-18(24-3)20-12-15/h4-5,10-12H,6-9H2,1-3H3. The van der Waals surface area contributed by atoms with Crippen molar-refractivity contribution in [3.8, 4) is 6.01 Å². The van der Waals surface area contributed by atoms with Gasteiger partial charge in [-0.3, -0.25) is 4.79 Å². The third-order valence-electron chi connectivity index (χ3n) is 4.33. The van der Waals surface area contributed by atoms with Crippen molar-refractivity contribution in [2.24, 2.45) is 0 Å². The second-order valence-corrected chi connectivity index (χ2v) is 6.03. The first-order chi connectivity index (χ1) is 11.6. The van der Waals surface area contributed by atoms with Crippen molar-refractivity contribution in [1.82, 2.24) is 14.9 Å². The Hall–Kier alpha value is -2.63. The highest BCUT2D eigenvalue weighted by atomic mass is 16.5. The number of hydrogen-bond acceptors (Lipinski definition) is 5. The quantitative estimate of drug-likeness (QED) is 0.864. The molecule has 1 saturated heterocycles. The number of amides is 1. The minimum Gasteiger partial charge on any atom is -0.467 e. The van der Waals surface area contributed by atoms with Crippen molar-refractivity contribution < 1.29 is 9.53 Å². The molecule has 126 valence electrons. The molecule has 24 heavy (non-hydrogen) atoms. The molecule has 1 amide bonds. The first-order valence-corrected chi connectivity index (χ1v) is 8.06. The van der Waals surface area contributed by atoms with Gasteiger partial charge >= 0.3 is 6.01 Å². The van der Waals surface area contributed by atoms with E-state index in [1.54, 1.807) is 0 Å². The molecule has 6 nitrogen and oxygen atoms in total. The highest BCUT2D eigenvalue weighted by Crippen LogP contribution is 2.23. The third kappa shape index (κ3) is 3.32. The Balaban J connectivity index is 1.65. The molecular formula is C18H22N4O2. The fourth-order valence-corrected chi connectivity index (χ4v) is 2.93. The van der Waals surface area contributed by atoms with Crippen LogP contribution in [0.4, 0.5) is 5.69 Å². The van der Waals surface area contributed by atoms with Gasteiger partial charge in [0.05, 0.1) is 12.7 Å². The lowest BCUT2D eigenvalue weighted by molar-refractivity contribution is 0.0745. The van der Waals surface area contributed by atoms with E-state index in [0.717, 1.165) is 13.1 Å². The summed E-state index contributed by atoms with van der Waals surface area (Å²) in [6, 6.07) is 6.76. The monoisotopic (exact) mass is 326 g/mol. The van der Waals surface area contributed by atoms with Crippen LogP contribution >= 0.6 is 0 Å². The van der Waals surface area contributed by atoms with Crippen LogP contribution in [0, 0.1) is 13.8 Å². The lowest BCUT2D eigenvalue weighted by Crippen LogP contribution is -2.49. The molecule has 0 spiro atoms. The van der Waals surface area contributed by atoms with Gasteiger partial charge < -0.3 is 14.5 Å². The lowest BCUT2D eigenvalue weighted by atomic mass is 10.1. The number of aromatic nitrogens is 2. The largest absolute Gasteiger partial charge is 0.467 e. The number of carbonyl (C=O) groups excluding carboxylic acids is 1. The molecule has 1 aromatic heterocycles. The number of methoxy groups -OCH3 is 1. The summed E-state index contributed by atoms with van der Waals surface area (Å²) >= 11 is 0. The Morgan fingerprint density at radius 1 is 1.08 bits per heavy atom. The Labute approximate surface area is 142 Å². The van der Waals surface area contributed by atoms with Gasteiger partial charge in [0.2, 0.25) is 0 Å². The van der Waals surface area contributed by atoms with Crippen LogP contribution in [0.5, 0.6) is 6.01 Å². The molecule has 3 rings (SSSR count). The van der Waals surface area contributed by atoms with Crippen molar-refractivity contribution in [3.05, 3.63) is 47.3 Å². The SMILES string of the molecule is COc1ncc(C(=O)N2CCN(c3cc(C)ccc3C)CC2)cn1. The summed E-state index contributed by atoms with van der Waals surface area (Å²) in [5.74, 6) is -0.0294. The second kappa shape index (κ2) is 6.86. The lowest BCUT2D eigenvalue weighted by Gasteiger charge is -2.37. The summed E-state index contributed by atoms with van der Waals surface area (Å²) in [5.41, 5.74) is 4.28. The minimum absolute atomic E-state index is 0.0294. The zero-order valence-electron chi connectivity index (χ0n) is 14.3. The van der Waals surface area contributed by atoms with Crippen molar-refractivity contribution in [2.75, 3.05) is 38.2 Å². The van der Waals surface area contributed by atoms with Crippen LogP contribution in [-0.2, 0) is 0 Å². The molecule has 0 saturated carbocycles. The first kappa shape index (κ1) is 16.2. The van der Waals surface area contributed by atoms with Gasteiger partial charge in [-0.1, -0.05) is 12.1 Å². The van der Waals surface area contributed by atoms with Crippen LogP contribution in [0.25, 0.3) is 0 Å². The minimum atomic E-state index is -0.0294. The second-order valence-electron chi connectivity index (χ2n) is 6.03. The number of piperazine rings is 1. The van der Waals surface area contributed by atoms with Crippen LogP contribution in [-0.4, -0.2) is 54.1 Å². The van der Waals surface area contributed by atoms with Gasteiger partial charge in [0, 0.05) is 44.3 Å². The molecule has 0 atom stereocenters. The molecule has 6 heteroatoms. The first-order valence-electron chi connectivity index (χ1n) is 8.06. The summed E-state index contributed by atoms with van der Waals surface area (Å²) in [7, 11) is 1.50. The molecule has 2 aromatic rings. The average Bonchev–Trinajstić information content (AvgIpc) is 2.63. The summed E-state index contributed by atoms with van der Waals surface area (Å²) < 4.78 is 4.92. The Morgan fingerprint density at radius 3 is 2.38 bits per heavy atom. The highest BCUT2D eigenvalue weighted by molar-refractivity contribution is 5.93.